The second kappa shape index (κ2) is 4.36. The first kappa shape index (κ1) is 9.40. The van der Waals surface area contributed by atoms with Crippen molar-refractivity contribution < 1.29 is 4.79 Å². The van der Waals surface area contributed by atoms with E-state index < -0.39 is 0 Å². The molecule has 1 aromatic heterocycles. The number of amides is 1. The molecule has 1 rings (SSSR count). The van der Waals surface area contributed by atoms with Gasteiger partial charge in [-0.25, -0.2) is 0 Å². The molecule has 0 atom stereocenters. The number of aryl methyl sites for hydroxylation is 1. The summed E-state index contributed by atoms with van der Waals surface area (Å²) in [6.07, 6.45) is 1.83. The molecule has 0 saturated heterocycles. The second-order valence-electron chi connectivity index (χ2n) is 2.61. The maximum absolute atomic E-state index is 11.4. The van der Waals surface area contributed by atoms with Gasteiger partial charge in [0.25, 0.3) is 5.91 Å². The smallest absolute Gasteiger partial charge is 0.268 e. The summed E-state index contributed by atoms with van der Waals surface area (Å²) in [5.41, 5.74) is 0.651. The molecule has 68 valence electrons. The summed E-state index contributed by atoms with van der Waals surface area (Å²) in [5, 5.41) is 2.69. The van der Waals surface area contributed by atoms with Crippen molar-refractivity contribution in [1.82, 2.24) is 9.88 Å². The molecule has 1 N–H and O–H groups in total. The van der Waals surface area contributed by atoms with Gasteiger partial charge in [0.2, 0.25) is 0 Å². The molecule has 3 nitrogen and oxygen atoms in total. The van der Waals surface area contributed by atoms with Gasteiger partial charge in [-0.3, -0.25) is 4.79 Å². The highest BCUT2D eigenvalue weighted by Crippen LogP contribution is 1.98. The van der Waals surface area contributed by atoms with E-state index in [-0.39, 0.29) is 5.91 Å². The second-order valence-corrected chi connectivity index (χ2v) is 2.61. The number of carbonyl (C=O) groups excluding carboxylic acids is 1. The van der Waals surface area contributed by atoms with Gasteiger partial charge < -0.3 is 9.88 Å². The van der Waals surface area contributed by atoms with Crippen LogP contribution >= 0.6 is 0 Å². The van der Waals surface area contributed by atoms with Crippen LogP contribution in [0.15, 0.2) is 18.3 Å². The van der Waals surface area contributed by atoms with E-state index in [0.717, 1.165) is 0 Å². The molecule has 0 unspecified atom stereocenters. The summed E-state index contributed by atoms with van der Waals surface area (Å²) in [6.45, 7) is 2.15. The van der Waals surface area contributed by atoms with Crippen LogP contribution in [0.1, 0.15) is 17.4 Å². The van der Waals surface area contributed by atoms with Gasteiger partial charge in [0.05, 0.1) is 6.54 Å². The zero-order valence-electron chi connectivity index (χ0n) is 7.79. The first-order valence-electron chi connectivity index (χ1n) is 4.05. The van der Waals surface area contributed by atoms with Crippen molar-refractivity contribution in [2.45, 2.75) is 6.92 Å². The molecule has 1 amide bonds. The van der Waals surface area contributed by atoms with Crippen molar-refractivity contribution in [3.8, 4) is 11.8 Å². The average Bonchev–Trinajstić information content (AvgIpc) is 2.52. The van der Waals surface area contributed by atoms with Crippen molar-refractivity contribution in [1.29, 1.82) is 0 Å². The summed E-state index contributed by atoms with van der Waals surface area (Å²) in [4.78, 5) is 11.4. The van der Waals surface area contributed by atoms with Crippen molar-refractivity contribution >= 4 is 5.91 Å². The molecule has 1 aromatic rings. The van der Waals surface area contributed by atoms with Gasteiger partial charge in [0, 0.05) is 13.2 Å². The van der Waals surface area contributed by atoms with Crippen molar-refractivity contribution in [3.05, 3.63) is 24.0 Å². The molecule has 0 aliphatic rings. The van der Waals surface area contributed by atoms with Crippen LogP contribution in [0.2, 0.25) is 0 Å². The highest BCUT2D eigenvalue weighted by Gasteiger charge is 2.05. The molecular formula is C10H12N2O. The summed E-state index contributed by atoms with van der Waals surface area (Å²) in [6, 6.07) is 3.61. The summed E-state index contributed by atoms with van der Waals surface area (Å²) in [7, 11) is 1.83. The number of nitrogens with one attached hydrogen (secondary N) is 1. The highest BCUT2D eigenvalue weighted by atomic mass is 16.1. The normalized spacial score (nSPS) is 8.77. The minimum Gasteiger partial charge on any atom is -0.347 e. The third kappa shape index (κ3) is 2.38. The number of nitrogens with zero attached hydrogens (tertiary/aromatic N) is 1. The van der Waals surface area contributed by atoms with Crippen LogP contribution in [0.3, 0.4) is 0 Å². The third-order valence-electron chi connectivity index (χ3n) is 1.69. The molecule has 0 radical (unpaired) electrons. The van der Waals surface area contributed by atoms with Crippen LogP contribution < -0.4 is 5.32 Å². The van der Waals surface area contributed by atoms with Crippen molar-refractivity contribution in [2.24, 2.45) is 7.05 Å². The molecule has 1 heterocycles. The summed E-state index contributed by atoms with van der Waals surface area (Å²) in [5.74, 6) is 5.39. The van der Waals surface area contributed by atoms with E-state index in [1.165, 1.54) is 0 Å². The third-order valence-corrected chi connectivity index (χ3v) is 1.69. The quantitative estimate of drug-likeness (QED) is 0.664. The number of aromatic nitrogens is 1. The largest absolute Gasteiger partial charge is 0.347 e. The van der Waals surface area contributed by atoms with Gasteiger partial charge in [-0.1, -0.05) is 5.92 Å². The number of hydrogen-bond acceptors (Lipinski definition) is 1. The van der Waals surface area contributed by atoms with Gasteiger partial charge in [-0.2, -0.15) is 0 Å². The van der Waals surface area contributed by atoms with E-state index in [4.69, 9.17) is 0 Å². The Morgan fingerprint density at radius 3 is 3.00 bits per heavy atom. The lowest BCUT2D eigenvalue weighted by Gasteiger charge is -2.01. The van der Waals surface area contributed by atoms with E-state index in [2.05, 4.69) is 17.2 Å². The van der Waals surface area contributed by atoms with Gasteiger partial charge in [0.1, 0.15) is 5.69 Å². The van der Waals surface area contributed by atoms with Crippen molar-refractivity contribution in [3.63, 3.8) is 0 Å². The number of rotatable bonds is 2. The van der Waals surface area contributed by atoms with Gasteiger partial charge >= 0.3 is 0 Å². The maximum atomic E-state index is 11.4. The Morgan fingerprint density at radius 1 is 1.69 bits per heavy atom. The van der Waals surface area contributed by atoms with Gasteiger partial charge in [-0.05, 0) is 19.1 Å². The average molecular weight is 176 g/mol. The van der Waals surface area contributed by atoms with Crippen LogP contribution in [0, 0.1) is 11.8 Å². The first-order valence-corrected chi connectivity index (χ1v) is 4.05. The van der Waals surface area contributed by atoms with Gasteiger partial charge in [0.15, 0.2) is 0 Å². The monoisotopic (exact) mass is 176 g/mol. The van der Waals surface area contributed by atoms with E-state index in [1.807, 2.05) is 19.3 Å². The Bertz CT molecular complexity index is 354. The lowest BCUT2D eigenvalue weighted by Crippen LogP contribution is -2.25. The number of hydrogen-bond donors (Lipinski definition) is 1. The van der Waals surface area contributed by atoms with E-state index in [0.29, 0.717) is 12.2 Å². The molecule has 0 spiro atoms. The maximum Gasteiger partial charge on any atom is 0.268 e. The molecular weight excluding hydrogens is 164 g/mol. The van der Waals surface area contributed by atoms with Crippen LogP contribution in [0.25, 0.3) is 0 Å². The summed E-state index contributed by atoms with van der Waals surface area (Å²) < 4.78 is 1.77. The first-order chi connectivity index (χ1) is 6.25. The fourth-order valence-electron chi connectivity index (χ4n) is 1.00. The van der Waals surface area contributed by atoms with Crippen molar-refractivity contribution in [2.75, 3.05) is 6.54 Å². The van der Waals surface area contributed by atoms with Crippen LogP contribution in [0.4, 0.5) is 0 Å². The molecule has 3 heteroatoms. The van der Waals surface area contributed by atoms with Gasteiger partial charge in [-0.15, -0.1) is 5.92 Å². The van der Waals surface area contributed by atoms with Crippen LogP contribution in [-0.2, 0) is 7.05 Å². The molecule has 0 saturated carbocycles. The molecule has 13 heavy (non-hydrogen) atoms. The topological polar surface area (TPSA) is 34.0 Å². The zero-order valence-corrected chi connectivity index (χ0v) is 7.79. The lowest BCUT2D eigenvalue weighted by atomic mass is 10.4. The Morgan fingerprint density at radius 2 is 2.46 bits per heavy atom. The Labute approximate surface area is 77.8 Å². The van der Waals surface area contributed by atoms with Crippen LogP contribution in [0.5, 0.6) is 0 Å². The van der Waals surface area contributed by atoms with E-state index in [1.54, 1.807) is 17.6 Å². The molecule has 0 aliphatic carbocycles. The Balaban J connectivity index is 2.57. The molecule has 0 bridgehead atoms. The Hall–Kier alpha value is -1.69. The Kier molecular flexibility index (Phi) is 3.15. The minimum atomic E-state index is -0.0877. The summed E-state index contributed by atoms with van der Waals surface area (Å²) >= 11 is 0. The van der Waals surface area contributed by atoms with E-state index >= 15 is 0 Å². The number of carbonyl (C=O) groups is 1. The predicted octanol–water partition coefficient (Wildman–Crippen LogP) is 0.778. The van der Waals surface area contributed by atoms with E-state index in [9.17, 15) is 4.79 Å². The predicted molar refractivity (Wildman–Crippen MR) is 51.2 cm³/mol. The van der Waals surface area contributed by atoms with Crippen LogP contribution in [-0.4, -0.2) is 17.0 Å². The fraction of sp³-hybridized carbons (Fsp3) is 0.300. The standard InChI is InChI=1S/C10H12N2O/c1-3-4-7-11-10(13)9-6-5-8-12(9)2/h5-6,8H,7H2,1-2H3,(H,11,13). The zero-order chi connectivity index (χ0) is 9.68. The fourth-order valence-corrected chi connectivity index (χ4v) is 1.00. The lowest BCUT2D eigenvalue weighted by molar-refractivity contribution is 0.0950. The molecule has 0 fully saturated rings. The molecule has 0 aliphatic heterocycles. The highest BCUT2D eigenvalue weighted by molar-refractivity contribution is 5.92. The SMILES string of the molecule is CC#CCNC(=O)c1cccn1C. The minimum absolute atomic E-state index is 0.0877. The molecule has 0 aromatic carbocycles.